The summed E-state index contributed by atoms with van der Waals surface area (Å²) in [6.45, 7) is 2.41. The molecular weight excluding hydrogens is 243 g/mol. The fourth-order valence-corrected chi connectivity index (χ4v) is 1.76. The summed E-state index contributed by atoms with van der Waals surface area (Å²) in [5, 5.41) is 4.08. The number of aryl methyl sites for hydroxylation is 1. The van der Waals surface area contributed by atoms with Crippen LogP contribution < -0.4 is 5.73 Å². The van der Waals surface area contributed by atoms with Crippen LogP contribution in [0.2, 0.25) is 5.02 Å². The van der Waals surface area contributed by atoms with Gasteiger partial charge in [-0.25, -0.2) is 0 Å². The van der Waals surface area contributed by atoms with Crippen LogP contribution >= 0.6 is 11.6 Å². The molecule has 0 saturated carbocycles. The van der Waals surface area contributed by atoms with Gasteiger partial charge in [0.15, 0.2) is 0 Å². The second-order valence-corrected chi connectivity index (χ2v) is 3.93. The number of halogens is 4. The van der Waals surface area contributed by atoms with Gasteiger partial charge in [0.2, 0.25) is 0 Å². The van der Waals surface area contributed by atoms with Crippen molar-refractivity contribution >= 4 is 11.6 Å². The maximum Gasteiger partial charge on any atom is 0.390 e. The smallest absolute Gasteiger partial charge is 0.322 e. The Hall–Kier alpha value is -0.750. The SMILES string of the molecule is CCCn1ncc(Cl)c1C(N)CC(F)(F)F. The predicted molar refractivity (Wildman–Crippen MR) is 55.1 cm³/mol. The molecule has 0 radical (unpaired) electrons. The Morgan fingerprint density at radius 1 is 1.56 bits per heavy atom. The Morgan fingerprint density at radius 2 is 2.19 bits per heavy atom. The lowest BCUT2D eigenvalue weighted by Gasteiger charge is -2.16. The minimum absolute atomic E-state index is 0.185. The first kappa shape index (κ1) is 13.3. The van der Waals surface area contributed by atoms with E-state index in [1.54, 1.807) is 0 Å². The van der Waals surface area contributed by atoms with Crippen LogP contribution in [0.4, 0.5) is 13.2 Å². The molecule has 0 aliphatic heterocycles. The highest BCUT2D eigenvalue weighted by molar-refractivity contribution is 6.31. The van der Waals surface area contributed by atoms with E-state index in [4.69, 9.17) is 17.3 Å². The molecule has 0 saturated heterocycles. The van der Waals surface area contributed by atoms with E-state index in [2.05, 4.69) is 5.10 Å². The molecular formula is C9H13ClF3N3. The number of nitrogens with two attached hydrogens (primary N) is 1. The van der Waals surface area contributed by atoms with Crippen molar-refractivity contribution in [1.29, 1.82) is 0 Å². The summed E-state index contributed by atoms with van der Waals surface area (Å²) in [6, 6.07) is -1.17. The number of nitrogens with zero attached hydrogens (tertiary/aromatic N) is 2. The quantitative estimate of drug-likeness (QED) is 0.899. The van der Waals surface area contributed by atoms with Crippen LogP contribution in [0.3, 0.4) is 0 Å². The largest absolute Gasteiger partial charge is 0.390 e. The van der Waals surface area contributed by atoms with Gasteiger partial charge in [-0.1, -0.05) is 18.5 Å². The molecule has 0 bridgehead atoms. The van der Waals surface area contributed by atoms with Crippen LogP contribution in [0.25, 0.3) is 0 Å². The molecule has 1 aromatic rings. The van der Waals surface area contributed by atoms with Gasteiger partial charge in [-0.2, -0.15) is 18.3 Å². The summed E-state index contributed by atoms with van der Waals surface area (Å²) >= 11 is 5.77. The Kier molecular flexibility index (Phi) is 4.21. The Bertz CT molecular complexity index is 348. The Balaban J connectivity index is 2.88. The van der Waals surface area contributed by atoms with E-state index in [1.807, 2.05) is 6.92 Å². The van der Waals surface area contributed by atoms with Crippen LogP contribution in [0, 0.1) is 0 Å². The first-order valence-corrected chi connectivity index (χ1v) is 5.26. The van der Waals surface area contributed by atoms with Crippen LogP contribution in [0.5, 0.6) is 0 Å². The van der Waals surface area contributed by atoms with E-state index in [0.29, 0.717) is 6.54 Å². The Labute approximate surface area is 96.4 Å². The maximum atomic E-state index is 12.2. The van der Waals surface area contributed by atoms with Crippen LogP contribution in [-0.4, -0.2) is 16.0 Å². The average molecular weight is 256 g/mol. The highest BCUT2D eigenvalue weighted by Crippen LogP contribution is 2.31. The summed E-state index contributed by atoms with van der Waals surface area (Å²) in [7, 11) is 0. The number of aromatic nitrogens is 2. The number of hydrogen-bond acceptors (Lipinski definition) is 2. The van der Waals surface area contributed by atoms with Gasteiger partial charge >= 0.3 is 6.18 Å². The van der Waals surface area contributed by atoms with E-state index in [-0.39, 0.29) is 10.7 Å². The maximum absolute atomic E-state index is 12.2. The minimum Gasteiger partial charge on any atom is -0.322 e. The molecule has 92 valence electrons. The molecule has 1 heterocycles. The first-order chi connectivity index (χ1) is 7.35. The van der Waals surface area contributed by atoms with Crippen molar-refractivity contribution in [3.8, 4) is 0 Å². The van der Waals surface area contributed by atoms with Crippen molar-refractivity contribution in [3.63, 3.8) is 0 Å². The molecule has 0 spiro atoms. The van der Waals surface area contributed by atoms with Crippen LogP contribution in [0.1, 0.15) is 31.5 Å². The van der Waals surface area contributed by atoms with Gasteiger partial charge in [-0.15, -0.1) is 0 Å². The zero-order valence-electron chi connectivity index (χ0n) is 8.76. The molecule has 7 heteroatoms. The number of alkyl halides is 3. The molecule has 0 fully saturated rings. The third kappa shape index (κ3) is 3.38. The standard InChI is InChI=1S/C9H13ClF3N3/c1-2-3-16-8(6(10)5-15-16)7(14)4-9(11,12)13/h5,7H,2-4,14H2,1H3. The molecule has 2 N–H and O–H groups in total. The van der Waals surface area contributed by atoms with E-state index < -0.39 is 18.6 Å². The molecule has 1 unspecified atom stereocenters. The molecule has 0 aliphatic rings. The minimum atomic E-state index is -4.30. The highest BCUT2D eigenvalue weighted by Gasteiger charge is 2.33. The summed E-state index contributed by atoms with van der Waals surface area (Å²) in [5.74, 6) is 0. The van der Waals surface area contributed by atoms with Gasteiger partial charge in [0.25, 0.3) is 0 Å². The zero-order valence-corrected chi connectivity index (χ0v) is 9.52. The lowest BCUT2D eigenvalue weighted by molar-refractivity contribution is -0.138. The summed E-state index contributed by atoms with van der Waals surface area (Å²) in [6.07, 6.45) is -3.32. The van der Waals surface area contributed by atoms with E-state index in [0.717, 1.165) is 6.42 Å². The Morgan fingerprint density at radius 3 is 2.69 bits per heavy atom. The van der Waals surface area contributed by atoms with Crippen LogP contribution in [0.15, 0.2) is 6.20 Å². The van der Waals surface area contributed by atoms with Gasteiger partial charge in [0.05, 0.1) is 29.4 Å². The van der Waals surface area contributed by atoms with E-state index >= 15 is 0 Å². The van der Waals surface area contributed by atoms with Gasteiger partial charge in [-0.05, 0) is 6.42 Å². The van der Waals surface area contributed by atoms with Crippen molar-refractivity contribution in [2.75, 3.05) is 0 Å². The van der Waals surface area contributed by atoms with Crippen LogP contribution in [-0.2, 0) is 6.54 Å². The molecule has 0 aliphatic carbocycles. The van der Waals surface area contributed by atoms with Crippen molar-refractivity contribution in [2.45, 2.75) is 38.5 Å². The molecule has 1 aromatic heterocycles. The molecule has 0 amide bonds. The fourth-order valence-electron chi connectivity index (χ4n) is 1.48. The molecule has 1 rings (SSSR count). The summed E-state index contributed by atoms with van der Waals surface area (Å²) in [5.41, 5.74) is 5.74. The second-order valence-electron chi connectivity index (χ2n) is 3.53. The molecule has 16 heavy (non-hydrogen) atoms. The van der Waals surface area contributed by atoms with Gasteiger partial charge in [0.1, 0.15) is 0 Å². The van der Waals surface area contributed by atoms with E-state index in [1.165, 1.54) is 10.9 Å². The molecule has 1 atom stereocenters. The average Bonchev–Trinajstić information content (AvgIpc) is 2.44. The summed E-state index contributed by atoms with van der Waals surface area (Å²) < 4.78 is 38.0. The fraction of sp³-hybridized carbons (Fsp3) is 0.667. The van der Waals surface area contributed by atoms with Crippen molar-refractivity contribution in [3.05, 3.63) is 16.9 Å². The third-order valence-corrected chi connectivity index (χ3v) is 2.36. The lowest BCUT2D eigenvalue weighted by atomic mass is 10.1. The van der Waals surface area contributed by atoms with Gasteiger partial charge in [-0.3, -0.25) is 4.68 Å². The predicted octanol–water partition coefficient (Wildman–Crippen LogP) is 2.90. The summed E-state index contributed by atoms with van der Waals surface area (Å²) in [4.78, 5) is 0. The van der Waals surface area contributed by atoms with Crippen molar-refractivity contribution in [2.24, 2.45) is 5.73 Å². The number of rotatable bonds is 4. The first-order valence-electron chi connectivity index (χ1n) is 4.88. The van der Waals surface area contributed by atoms with E-state index in [9.17, 15) is 13.2 Å². The lowest BCUT2D eigenvalue weighted by Crippen LogP contribution is -2.23. The zero-order chi connectivity index (χ0) is 12.3. The van der Waals surface area contributed by atoms with Gasteiger partial charge in [0, 0.05) is 6.54 Å². The van der Waals surface area contributed by atoms with Crippen molar-refractivity contribution in [1.82, 2.24) is 9.78 Å². The monoisotopic (exact) mass is 255 g/mol. The number of hydrogen-bond donors (Lipinski definition) is 1. The molecule has 3 nitrogen and oxygen atoms in total. The highest BCUT2D eigenvalue weighted by atomic mass is 35.5. The van der Waals surface area contributed by atoms with Gasteiger partial charge < -0.3 is 5.73 Å². The second kappa shape index (κ2) is 5.05. The molecule has 0 aromatic carbocycles. The topological polar surface area (TPSA) is 43.8 Å². The normalized spacial score (nSPS) is 14.1. The third-order valence-electron chi connectivity index (χ3n) is 2.07. The van der Waals surface area contributed by atoms with Crippen molar-refractivity contribution < 1.29 is 13.2 Å².